The van der Waals surface area contributed by atoms with Gasteiger partial charge in [-0.1, -0.05) is 0 Å². The Morgan fingerprint density at radius 1 is 1.06 bits per heavy atom. The molecule has 2 aliphatic heterocycles. The van der Waals surface area contributed by atoms with Crippen LogP contribution < -0.4 is 0 Å². The fourth-order valence-corrected chi connectivity index (χ4v) is 10.0. The van der Waals surface area contributed by atoms with Crippen molar-refractivity contribution < 1.29 is 17.9 Å². The number of aromatic nitrogens is 2. The van der Waals surface area contributed by atoms with Crippen molar-refractivity contribution in [3.63, 3.8) is 0 Å². The molecule has 0 unspecified atom stereocenters. The zero-order valence-electron chi connectivity index (χ0n) is 20.1. The number of nitrogens with zero attached hydrogens (tertiary/aromatic N) is 3. The Kier molecular flexibility index (Phi) is 5.01. The van der Waals surface area contributed by atoms with Gasteiger partial charge < -0.3 is 14.6 Å². The zero-order chi connectivity index (χ0) is 23.8. The minimum absolute atomic E-state index is 0.252. The predicted molar refractivity (Wildman–Crippen MR) is 131 cm³/mol. The molecule has 4 heterocycles. The van der Waals surface area contributed by atoms with Crippen LogP contribution in [0.3, 0.4) is 0 Å². The summed E-state index contributed by atoms with van der Waals surface area (Å²) in [5, 5.41) is 0.612. The molecule has 35 heavy (non-hydrogen) atoms. The summed E-state index contributed by atoms with van der Waals surface area (Å²) in [6.07, 6.45) is 12.0. The second-order valence-electron chi connectivity index (χ2n) is 11.9. The van der Waals surface area contributed by atoms with Gasteiger partial charge >= 0.3 is 6.09 Å². The van der Waals surface area contributed by atoms with Crippen LogP contribution in [0.4, 0.5) is 4.79 Å². The average Bonchev–Trinajstić information content (AvgIpc) is 3.21. The van der Waals surface area contributed by atoms with Crippen LogP contribution in [0.2, 0.25) is 0 Å². The van der Waals surface area contributed by atoms with Crippen LogP contribution >= 0.6 is 0 Å². The first-order valence-electron chi connectivity index (χ1n) is 13.3. The Morgan fingerprint density at radius 3 is 2.37 bits per heavy atom. The number of nitrogens with one attached hydrogen (secondary N) is 1. The van der Waals surface area contributed by atoms with E-state index >= 15 is 0 Å². The Morgan fingerprint density at radius 2 is 1.71 bits per heavy atom. The first kappa shape index (κ1) is 22.1. The van der Waals surface area contributed by atoms with E-state index in [4.69, 9.17) is 4.74 Å². The molecule has 4 bridgehead atoms. The molecule has 0 atom stereocenters. The van der Waals surface area contributed by atoms with Crippen molar-refractivity contribution in [3.8, 4) is 0 Å². The second-order valence-corrected chi connectivity index (χ2v) is 14.1. The molecule has 0 aromatic carbocycles. The minimum atomic E-state index is -3.42. The largest absolute Gasteiger partial charge is 0.443 e. The summed E-state index contributed by atoms with van der Waals surface area (Å²) >= 11 is 0. The van der Waals surface area contributed by atoms with Crippen LogP contribution in [0.1, 0.15) is 62.8 Å². The highest BCUT2D eigenvalue weighted by atomic mass is 32.2. The number of fused-ring (bicyclic) bond motifs is 1. The Bertz CT molecular complexity index is 1210. The average molecular weight is 499 g/mol. The molecule has 2 aromatic rings. The highest BCUT2D eigenvalue weighted by Crippen LogP contribution is 2.57. The fraction of sp³-hybridized carbons (Fsp3) is 0.692. The number of carbonyl (C=O) groups excluding carboxylic acids is 1. The van der Waals surface area contributed by atoms with Gasteiger partial charge in [0.1, 0.15) is 16.5 Å². The van der Waals surface area contributed by atoms with Crippen LogP contribution in [0.25, 0.3) is 11.0 Å². The molecule has 0 spiro atoms. The molecule has 6 aliphatic rings. The number of likely N-dealkylation sites (tertiary alicyclic amines) is 1. The van der Waals surface area contributed by atoms with Gasteiger partial charge in [0, 0.05) is 44.0 Å². The van der Waals surface area contributed by atoms with E-state index in [2.05, 4.69) is 16.0 Å². The van der Waals surface area contributed by atoms with Crippen LogP contribution in [-0.2, 0) is 14.8 Å². The van der Waals surface area contributed by atoms with Crippen molar-refractivity contribution in [2.45, 2.75) is 68.1 Å². The lowest BCUT2D eigenvalue weighted by atomic mass is 9.54. The molecular formula is C26H34N4O4S. The maximum absolute atomic E-state index is 13.3. The Labute approximate surface area is 206 Å². The van der Waals surface area contributed by atoms with Crippen LogP contribution in [0.5, 0.6) is 0 Å². The van der Waals surface area contributed by atoms with E-state index in [1.807, 2.05) is 12.3 Å². The number of sulfonamides is 1. The van der Waals surface area contributed by atoms with Gasteiger partial charge in [-0.25, -0.2) is 22.5 Å². The number of hydrogen-bond donors (Lipinski definition) is 1. The maximum atomic E-state index is 13.3. The smallest absolute Gasteiger partial charge is 0.410 e. The standard InChI is InChI=1S/C26H34N4O4S/c31-25(34-26-11-17-8-18(12-26)10-19(9-17)13-26)29-15-21(16-29)35(32,33)30-6-3-20(4-7-30)23-14-28-24-22(23)2-1-5-27-24/h1-2,5,14,17-21H,3-4,6-13,15-16H2,(H,27,28). The molecule has 8 rings (SSSR count). The van der Waals surface area contributed by atoms with Gasteiger partial charge in [-0.2, -0.15) is 0 Å². The van der Waals surface area contributed by atoms with Gasteiger partial charge in [0.25, 0.3) is 0 Å². The molecule has 1 N–H and O–H groups in total. The molecule has 9 heteroatoms. The number of pyridine rings is 1. The third-order valence-corrected chi connectivity index (χ3v) is 11.8. The monoisotopic (exact) mass is 498 g/mol. The molecule has 2 aromatic heterocycles. The minimum Gasteiger partial charge on any atom is -0.443 e. The summed E-state index contributed by atoms with van der Waals surface area (Å²) < 4.78 is 34.3. The van der Waals surface area contributed by atoms with Gasteiger partial charge in [0.05, 0.1) is 0 Å². The van der Waals surface area contributed by atoms with Crippen molar-refractivity contribution in [2.75, 3.05) is 26.2 Å². The fourth-order valence-electron chi connectivity index (χ4n) is 8.13. The number of rotatable bonds is 4. The molecule has 4 saturated carbocycles. The first-order valence-corrected chi connectivity index (χ1v) is 14.8. The summed E-state index contributed by atoms with van der Waals surface area (Å²) in [5.74, 6) is 2.46. The molecule has 6 fully saturated rings. The van der Waals surface area contributed by atoms with E-state index in [1.165, 1.54) is 24.8 Å². The quantitative estimate of drug-likeness (QED) is 0.691. The number of aromatic amines is 1. The number of amides is 1. The summed E-state index contributed by atoms with van der Waals surface area (Å²) in [4.78, 5) is 22.1. The van der Waals surface area contributed by atoms with Gasteiger partial charge in [-0.05, 0) is 92.7 Å². The lowest BCUT2D eigenvalue weighted by molar-refractivity contribution is -0.135. The van der Waals surface area contributed by atoms with Crippen molar-refractivity contribution in [3.05, 3.63) is 30.1 Å². The van der Waals surface area contributed by atoms with Crippen molar-refractivity contribution in [1.82, 2.24) is 19.2 Å². The molecule has 4 aliphatic carbocycles. The number of hydrogen-bond acceptors (Lipinski definition) is 5. The molecular weight excluding hydrogens is 464 g/mol. The van der Waals surface area contributed by atoms with Crippen LogP contribution in [-0.4, -0.2) is 70.7 Å². The molecule has 2 saturated heterocycles. The van der Waals surface area contributed by atoms with E-state index in [0.29, 0.717) is 36.8 Å². The molecule has 1 amide bonds. The maximum Gasteiger partial charge on any atom is 0.410 e. The van der Waals surface area contributed by atoms with E-state index in [1.54, 1.807) is 15.4 Å². The van der Waals surface area contributed by atoms with Gasteiger partial charge in [0.15, 0.2) is 0 Å². The second kappa shape index (κ2) is 7.93. The molecule has 188 valence electrons. The summed E-state index contributed by atoms with van der Waals surface area (Å²) in [6.45, 7) is 1.55. The SMILES string of the molecule is O=C(OC12CC3CC(CC(C3)C1)C2)N1CC(S(=O)(=O)N2CCC(c3c[nH]c4ncccc34)CC2)C1. The topological polar surface area (TPSA) is 95.6 Å². The van der Waals surface area contributed by atoms with Gasteiger partial charge in [-0.15, -0.1) is 0 Å². The van der Waals surface area contributed by atoms with Crippen molar-refractivity contribution in [1.29, 1.82) is 0 Å². The Hall–Kier alpha value is -2.13. The van der Waals surface area contributed by atoms with Gasteiger partial charge in [-0.3, -0.25) is 0 Å². The predicted octanol–water partition coefficient (Wildman–Crippen LogP) is 3.86. The van der Waals surface area contributed by atoms with Crippen LogP contribution in [0.15, 0.2) is 24.5 Å². The number of piperidine rings is 1. The summed E-state index contributed by atoms with van der Waals surface area (Å²) in [5.41, 5.74) is 1.83. The Balaban J connectivity index is 0.947. The van der Waals surface area contributed by atoms with Gasteiger partial charge in [0.2, 0.25) is 10.0 Å². The normalized spacial score (nSPS) is 33.8. The summed E-state index contributed by atoms with van der Waals surface area (Å²) in [7, 11) is -3.42. The van der Waals surface area contributed by atoms with E-state index in [-0.39, 0.29) is 24.8 Å². The highest BCUT2D eigenvalue weighted by Gasteiger charge is 2.54. The zero-order valence-corrected chi connectivity index (χ0v) is 20.9. The van der Waals surface area contributed by atoms with E-state index in [0.717, 1.165) is 43.1 Å². The number of H-pyrrole nitrogens is 1. The summed E-state index contributed by atoms with van der Waals surface area (Å²) in [6, 6.07) is 4.01. The number of ether oxygens (including phenoxy) is 1. The van der Waals surface area contributed by atoms with Crippen molar-refractivity contribution in [2.24, 2.45) is 17.8 Å². The molecule has 8 nitrogen and oxygen atoms in total. The van der Waals surface area contributed by atoms with Crippen molar-refractivity contribution >= 4 is 27.1 Å². The van der Waals surface area contributed by atoms with Crippen LogP contribution in [0, 0.1) is 17.8 Å². The first-order chi connectivity index (χ1) is 16.9. The lowest BCUT2D eigenvalue weighted by Crippen LogP contribution is -2.62. The van der Waals surface area contributed by atoms with E-state index in [9.17, 15) is 13.2 Å². The third kappa shape index (κ3) is 3.68. The molecule has 0 radical (unpaired) electrons. The lowest BCUT2D eigenvalue weighted by Gasteiger charge is -2.56. The number of carbonyl (C=O) groups is 1. The highest BCUT2D eigenvalue weighted by molar-refractivity contribution is 7.89. The third-order valence-electron chi connectivity index (χ3n) is 9.55. The van der Waals surface area contributed by atoms with E-state index < -0.39 is 15.3 Å².